The van der Waals surface area contributed by atoms with Crippen molar-refractivity contribution < 1.29 is 13.9 Å². The van der Waals surface area contributed by atoms with E-state index in [2.05, 4.69) is 4.98 Å². The predicted octanol–water partition coefficient (Wildman–Crippen LogP) is 4.25. The molecule has 0 saturated heterocycles. The Balaban J connectivity index is 2.08. The lowest BCUT2D eigenvalue weighted by Gasteiger charge is -2.15. The van der Waals surface area contributed by atoms with Gasteiger partial charge in [-0.2, -0.15) is 0 Å². The van der Waals surface area contributed by atoms with Crippen LogP contribution in [-0.4, -0.2) is 10.1 Å². The minimum Gasteiger partial charge on any atom is -0.384 e. The number of alkyl halides is 2. The highest BCUT2D eigenvalue weighted by Gasteiger charge is 2.16. The van der Waals surface area contributed by atoms with Gasteiger partial charge in [-0.15, -0.1) is 0 Å². The summed E-state index contributed by atoms with van der Waals surface area (Å²) < 4.78 is 25.5. The summed E-state index contributed by atoms with van der Waals surface area (Å²) in [6.45, 7) is 0. The Kier molecular flexibility index (Phi) is 3.62. The smallest absolute Gasteiger partial charge is 0.263 e. The maximum absolute atomic E-state index is 12.8. The molecule has 0 amide bonds. The Hall–Kier alpha value is -2.33. The summed E-state index contributed by atoms with van der Waals surface area (Å²) in [5.41, 5.74) is 1.01. The van der Waals surface area contributed by atoms with E-state index in [1.807, 2.05) is 18.2 Å². The lowest BCUT2D eigenvalue weighted by molar-refractivity contribution is 0.150. The van der Waals surface area contributed by atoms with Crippen molar-refractivity contribution in [3.63, 3.8) is 0 Å². The molecule has 1 heterocycles. The average molecular weight is 285 g/mol. The molecule has 106 valence electrons. The van der Waals surface area contributed by atoms with Gasteiger partial charge < -0.3 is 5.11 Å². The first-order valence-corrected chi connectivity index (χ1v) is 6.55. The topological polar surface area (TPSA) is 33.1 Å². The molecule has 0 bridgehead atoms. The molecule has 1 atom stereocenters. The van der Waals surface area contributed by atoms with E-state index in [0.29, 0.717) is 11.1 Å². The molecule has 1 unspecified atom stereocenters. The van der Waals surface area contributed by atoms with Crippen LogP contribution in [-0.2, 0) is 0 Å². The first-order valence-electron chi connectivity index (χ1n) is 6.55. The van der Waals surface area contributed by atoms with E-state index in [1.165, 1.54) is 18.2 Å². The van der Waals surface area contributed by atoms with Crippen molar-refractivity contribution in [3.05, 3.63) is 77.6 Å². The molecule has 3 aromatic rings. The van der Waals surface area contributed by atoms with Crippen LogP contribution in [0.2, 0.25) is 0 Å². The van der Waals surface area contributed by atoms with Gasteiger partial charge in [-0.1, -0.05) is 36.4 Å². The Morgan fingerprint density at radius 2 is 1.71 bits per heavy atom. The normalized spacial score (nSPS) is 12.8. The van der Waals surface area contributed by atoms with Crippen molar-refractivity contribution in [2.75, 3.05) is 0 Å². The number of halogens is 2. The third-order valence-electron chi connectivity index (χ3n) is 3.49. The van der Waals surface area contributed by atoms with E-state index < -0.39 is 12.5 Å². The maximum atomic E-state index is 12.8. The summed E-state index contributed by atoms with van der Waals surface area (Å²) in [4.78, 5) is 4.06. The lowest BCUT2D eigenvalue weighted by Crippen LogP contribution is -2.01. The average Bonchev–Trinajstić information content (AvgIpc) is 2.53. The monoisotopic (exact) mass is 285 g/mol. The molecule has 21 heavy (non-hydrogen) atoms. The second-order valence-corrected chi connectivity index (χ2v) is 4.82. The third kappa shape index (κ3) is 2.62. The summed E-state index contributed by atoms with van der Waals surface area (Å²) in [5, 5.41) is 12.3. The molecule has 4 heteroatoms. The fourth-order valence-electron chi connectivity index (χ4n) is 2.42. The molecule has 0 saturated carbocycles. The lowest BCUT2D eigenvalue weighted by atomic mass is 9.96. The number of hydrogen-bond acceptors (Lipinski definition) is 2. The van der Waals surface area contributed by atoms with Crippen LogP contribution in [0.25, 0.3) is 10.8 Å². The molecule has 2 aromatic carbocycles. The molecule has 0 aliphatic carbocycles. The SMILES string of the molecule is OC(c1cccc(C(F)F)c1)c1cccc2ccncc12. The van der Waals surface area contributed by atoms with E-state index in [1.54, 1.807) is 24.5 Å². The summed E-state index contributed by atoms with van der Waals surface area (Å²) in [6, 6.07) is 13.2. The molecular formula is C17H13F2NO. The number of nitrogens with zero attached hydrogens (tertiary/aromatic N) is 1. The van der Waals surface area contributed by atoms with Crippen LogP contribution in [0, 0.1) is 0 Å². The summed E-state index contributed by atoms with van der Waals surface area (Å²) >= 11 is 0. The Morgan fingerprint density at radius 3 is 2.52 bits per heavy atom. The highest BCUT2D eigenvalue weighted by atomic mass is 19.3. The fraction of sp³-hybridized carbons (Fsp3) is 0.118. The minimum atomic E-state index is -2.55. The van der Waals surface area contributed by atoms with E-state index in [9.17, 15) is 13.9 Å². The summed E-state index contributed by atoms with van der Waals surface area (Å²) in [5.74, 6) is 0. The van der Waals surface area contributed by atoms with Gasteiger partial charge >= 0.3 is 0 Å². The number of aliphatic hydroxyl groups is 1. The second-order valence-electron chi connectivity index (χ2n) is 4.82. The van der Waals surface area contributed by atoms with Gasteiger partial charge in [0.15, 0.2) is 0 Å². The fourth-order valence-corrected chi connectivity index (χ4v) is 2.42. The van der Waals surface area contributed by atoms with E-state index >= 15 is 0 Å². The van der Waals surface area contributed by atoms with Crippen LogP contribution < -0.4 is 0 Å². The highest BCUT2D eigenvalue weighted by Crippen LogP contribution is 2.30. The number of rotatable bonds is 3. The second kappa shape index (κ2) is 5.58. The Labute approximate surface area is 120 Å². The van der Waals surface area contributed by atoms with Gasteiger partial charge in [-0.25, -0.2) is 8.78 Å². The maximum Gasteiger partial charge on any atom is 0.263 e. The first kappa shape index (κ1) is 13.6. The molecule has 0 radical (unpaired) electrons. The summed E-state index contributed by atoms with van der Waals surface area (Å²) in [7, 11) is 0. The molecule has 0 aliphatic rings. The highest BCUT2D eigenvalue weighted by molar-refractivity contribution is 5.85. The largest absolute Gasteiger partial charge is 0.384 e. The molecule has 3 rings (SSSR count). The van der Waals surface area contributed by atoms with Crippen molar-refractivity contribution in [1.82, 2.24) is 4.98 Å². The van der Waals surface area contributed by atoms with Gasteiger partial charge in [0.05, 0.1) is 0 Å². The zero-order valence-electron chi connectivity index (χ0n) is 11.1. The predicted molar refractivity (Wildman–Crippen MR) is 77.2 cm³/mol. The third-order valence-corrected chi connectivity index (χ3v) is 3.49. The van der Waals surface area contributed by atoms with Crippen LogP contribution in [0.5, 0.6) is 0 Å². The number of aromatic nitrogens is 1. The van der Waals surface area contributed by atoms with Crippen LogP contribution in [0.15, 0.2) is 60.9 Å². The number of benzene rings is 2. The van der Waals surface area contributed by atoms with Crippen molar-refractivity contribution in [2.24, 2.45) is 0 Å². The van der Waals surface area contributed by atoms with Crippen LogP contribution in [0.4, 0.5) is 8.78 Å². The Bertz CT molecular complexity index is 768. The van der Waals surface area contributed by atoms with Gasteiger partial charge in [0.25, 0.3) is 6.43 Å². The van der Waals surface area contributed by atoms with Crippen LogP contribution in [0.1, 0.15) is 29.2 Å². The number of pyridine rings is 1. The molecule has 1 aromatic heterocycles. The zero-order valence-corrected chi connectivity index (χ0v) is 11.1. The Morgan fingerprint density at radius 1 is 0.952 bits per heavy atom. The molecule has 0 spiro atoms. The molecule has 1 N–H and O–H groups in total. The van der Waals surface area contributed by atoms with E-state index in [4.69, 9.17) is 0 Å². The van der Waals surface area contributed by atoms with E-state index in [0.717, 1.165) is 10.8 Å². The van der Waals surface area contributed by atoms with Crippen LogP contribution >= 0.6 is 0 Å². The quantitative estimate of drug-likeness (QED) is 0.780. The van der Waals surface area contributed by atoms with Crippen molar-refractivity contribution in [3.8, 4) is 0 Å². The van der Waals surface area contributed by atoms with Gasteiger partial charge in [-0.05, 0) is 28.6 Å². The van der Waals surface area contributed by atoms with Crippen molar-refractivity contribution in [1.29, 1.82) is 0 Å². The molecule has 0 aliphatic heterocycles. The summed E-state index contributed by atoms with van der Waals surface area (Å²) in [6.07, 6.45) is -0.163. The van der Waals surface area contributed by atoms with Crippen molar-refractivity contribution >= 4 is 10.8 Å². The first-order chi connectivity index (χ1) is 10.2. The molecule has 2 nitrogen and oxygen atoms in total. The standard InChI is InChI=1S/C17H13F2NO/c18-17(19)13-5-1-4-12(9-13)16(21)14-6-2-3-11-7-8-20-10-15(11)14/h1-10,16-17,21H. The van der Waals surface area contributed by atoms with Gasteiger partial charge in [0.2, 0.25) is 0 Å². The van der Waals surface area contributed by atoms with Crippen molar-refractivity contribution in [2.45, 2.75) is 12.5 Å². The number of hydrogen-bond donors (Lipinski definition) is 1. The molecule has 0 fully saturated rings. The van der Waals surface area contributed by atoms with Gasteiger partial charge in [0.1, 0.15) is 6.10 Å². The minimum absolute atomic E-state index is 0.0927. The molecular weight excluding hydrogens is 272 g/mol. The zero-order chi connectivity index (χ0) is 14.8. The van der Waals surface area contributed by atoms with Gasteiger partial charge in [0, 0.05) is 23.3 Å². The van der Waals surface area contributed by atoms with Gasteiger partial charge in [-0.3, -0.25) is 4.98 Å². The number of aliphatic hydroxyl groups excluding tert-OH is 1. The van der Waals surface area contributed by atoms with Crippen LogP contribution in [0.3, 0.4) is 0 Å². The van der Waals surface area contributed by atoms with E-state index in [-0.39, 0.29) is 5.56 Å². The number of fused-ring (bicyclic) bond motifs is 1.